The lowest BCUT2D eigenvalue weighted by Gasteiger charge is -2.34. The normalized spacial score (nSPS) is 19.3. The van der Waals surface area contributed by atoms with E-state index in [0.29, 0.717) is 22.2 Å². The Bertz CT molecular complexity index is 1180. The quantitative estimate of drug-likeness (QED) is 0.363. The topological polar surface area (TPSA) is 83.5 Å². The molecule has 0 saturated carbocycles. The molecule has 2 aliphatic heterocycles. The Morgan fingerprint density at radius 2 is 1.57 bits per heavy atom. The maximum Gasteiger partial charge on any atom is 0.451 e. The maximum atomic E-state index is 13.8. The molecule has 0 bridgehead atoms. The van der Waals surface area contributed by atoms with Crippen LogP contribution in [0.25, 0.3) is 0 Å². The van der Waals surface area contributed by atoms with E-state index in [1.807, 2.05) is 0 Å². The van der Waals surface area contributed by atoms with Crippen LogP contribution in [0.1, 0.15) is 19.4 Å². The van der Waals surface area contributed by atoms with Gasteiger partial charge in [-0.15, -0.1) is 5.01 Å². The second-order valence-electron chi connectivity index (χ2n) is 7.87. The number of benzene rings is 1. The molecule has 0 amide bonds. The number of aliphatic imine (C=N–C) groups is 2. The molecular formula is C19H14Cl2F9N5O2. The van der Waals surface area contributed by atoms with Crippen LogP contribution in [0.2, 0.25) is 10.0 Å². The monoisotopic (exact) mass is 585 g/mol. The van der Waals surface area contributed by atoms with Crippen LogP contribution in [0.3, 0.4) is 0 Å². The van der Waals surface area contributed by atoms with Gasteiger partial charge in [-0.25, -0.2) is 9.98 Å². The largest absolute Gasteiger partial charge is 0.451 e. The van der Waals surface area contributed by atoms with Crippen molar-refractivity contribution in [2.75, 3.05) is 11.7 Å². The lowest BCUT2D eigenvalue weighted by Crippen LogP contribution is -2.48. The summed E-state index contributed by atoms with van der Waals surface area (Å²) in [7, 11) is 0. The van der Waals surface area contributed by atoms with Gasteiger partial charge in [-0.3, -0.25) is 9.80 Å². The molecule has 204 valence electrons. The van der Waals surface area contributed by atoms with Crippen molar-refractivity contribution in [3.63, 3.8) is 0 Å². The first-order valence-electron chi connectivity index (χ1n) is 9.85. The van der Waals surface area contributed by atoms with Gasteiger partial charge >= 0.3 is 24.5 Å². The fourth-order valence-electron chi connectivity index (χ4n) is 3.29. The third-order valence-electron chi connectivity index (χ3n) is 4.91. The van der Waals surface area contributed by atoms with Gasteiger partial charge in [0, 0.05) is 0 Å². The molecular weight excluding hydrogens is 572 g/mol. The number of hydrogen-bond acceptors (Lipinski definition) is 7. The number of anilines is 1. The van der Waals surface area contributed by atoms with Crippen LogP contribution >= 0.6 is 23.2 Å². The molecule has 0 aromatic heterocycles. The summed E-state index contributed by atoms with van der Waals surface area (Å²) in [5.41, 5.74) is 0.749. The van der Waals surface area contributed by atoms with Crippen LogP contribution in [-0.2, 0) is 15.7 Å². The van der Waals surface area contributed by atoms with Crippen molar-refractivity contribution in [2.45, 2.75) is 38.5 Å². The first-order chi connectivity index (χ1) is 16.7. The number of fused-ring (bicyclic) bond motifs is 1. The molecule has 0 radical (unpaired) electrons. The molecule has 1 atom stereocenters. The summed E-state index contributed by atoms with van der Waals surface area (Å²) >= 11 is 12.0. The van der Waals surface area contributed by atoms with Gasteiger partial charge in [-0.2, -0.15) is 39.5 Å². The predicted octanol–water partition coefficient (Wildman–Crippen LogP) is 5.68. The second kappa shape index (κ2) is 9.54. The van der Waals surface area contributed by atoms with Gasteiger partial charge in [0.2, 0.25) is 5.84 Å². The minimum atomic E-state index is -5.48. The molecule has 1 aromatic rings. The molecule has 1 aromatic carbocycles. The maximum absolute atomic E-state index is 13.8. The van der Waals surface area contributed by atoms with E-state index < -0.39 is 87.6 Å². The van der Waals surface area contributed by atoms with Crippen molar-refractivity contribution < 1.29 is 49.0 Å². The SMILES string of the molecule is CC(C)C(=O)OCN1C2N=C(C(F)(F)F)N=C(C(F)(F)F)C2=C(N)N1c1c(Cl)cc(C(F)(F)F)cc1Cl. The summed E-state index contributed by atoms with van der Waals surface area (Å²) in [6.45, 7) is 1.74. The van der Waals surface area contributed by atoms with Gasteiger partial charge in [0.25, 0.3) is 0 Å². The number of alkyl halides is 9. The van der Waals surface area contributed by atoms with Crippen molar-refractivity contribution >= 4 is 46.4 Å². The van der Waals surface area contributed by atoms with E-state index in [-0.39, 0.29) is 0 Å². The number of carbonyl (C=O) groups excluding carboxylic acids is 1. The lowest BCUT2D eigenvalue weighted by atomic mass is 10.1. The first-order valence-corrected chi connectivity index (χ1v) is 10.6. The van der Waals surface area contributed by atoms with Gasteiger partial charge in [0.05, 0.1) is 32.8 Å². The van der Waals surface area contributed by atoms with E-state index in [4.69, 9.17) is 33.7 Å². The summed E-state index contributed by atoms with van der Waals surface area (Å²) in [6.07, 6.45) is -18.1. The van der Waals surface area contributed by atoms with Crippen molar-refractivity contribution in [1.29, 1.82) is 0 Å². The van der Waals surface area contributed by atoms with Crippen LogP contribution in [0.5, 0.6) is 0 Å². The predicted molar refractivity (Wildman–Crippen MR) is 114 cm³/mol. The van der Waals surface area contributed by atoms with Crippen molar-refractivity contribution in [2.24, 2.45) is 21.6 Å². The van der Waals surface area contributed by atoms with Crippen LogP contribution in [0.15, 0.2) is 33.5 Å². The number of rotatable bonds is 4. The van der Waals surface area contributed by atoms with E-state index in [1.165, 1.54) is 13.8 Å². The second-order valence-corrected chi connectivity index (χ2v) is 8.68. The van der Waals surface area contributed by atoms with Crippen LogP contribution in [-0.4, -0.2) is 47.8 Å². The smallest absolute Gasteiger partial charge is 0.447 e. The Kier molecular flexibility index (Phi) is 7.44. The molecule has 37 heavy (non-hydrogen) atoms. The number of carbonyl (C=O) groups is 1. The average molecular weight is 586 g/mol. The van der Waals surface area contributed by atoms with E-state index in [2.05, 4.69) is 9.98 Å². The summed E-state index contributed by atoms with van der Waals surface area (Å²) in [5, 5.41) is -0.541. The zero-order valence-electron chi connectivity index (χ0n) is 18.4. The molecule has 18 heteroatoms. The first kappa shape index (κ1) is 28.8. The standard InChI is InChI=1S/C19H14Cl2F9N5O2/c1-6(2)15(36)37-5-34-14-10(12(18(25,26)27)32-16(33-14)19(28,29)30)13(31)35(34)11-8(20)3-7(4-9(11)21)17(22,23)24/h3-4,6,14H,5,31H2,1-2H3. The molecule has 7 nitrogen and oxygen atoms in total. The molecule has 0 aliphatic carbocycles. The summed E-state index contributed by atoms with van der Waals surface area (Å²) in [4.78, 5) is 17.8. The van der Waals surface area contributed by atoms with Crippen LogP contribution < -0.4 is 10.7 Å². The summed E-state index contributed by atoms with van der Waals surface area (Å²) in [5.74, 6) is -4.83. The van der Waals surface area contributed by atoms with Gasteiger partial charge < -0.3 is 10.5 Å². The molecule has 2 heterocycles. The van der Waals surface area contributed by atoms with E-state index in [9.17, 15) is 44.3 Å². The van der Waals surface area contributed by atoms with Crippen molar-refractivity contribution in [3.8, 4) is 0 Å². The Morgan fingerprint density at radius 3 is 2.00 bits per heavy atom. The van der Waals surface area contributed by atoms with Gasteiger partial charge in [-0.05, 0) is 12.1 Å². The highest BCUT2D eigenvalue weighted by atomic mass is 35.5. The molecule has 2 aliphatic rings. The number of hydrogen-bond donors (Lipinski definition) is 1. The number of ether oxygens (including phenoxy) is 1. The Labute approximate surface area is 211 Å². The highest BCUT2D eigenvalue weighted by molar-refractivity contribution is 6.39. The lowest BCUT2D eigenvalue weighted by molar-refractivity contribution is -0.153. The zero-order chi connectivity index (χ0) is 28.2. The van der Waals surface area contributed by atoms with Gasteiger partial charge in [0.15, 0.2) is 18.6 Å². The molecule has 0 saturated heterocycles. The molecule has 3 rings (SSSR count). The number of hydrazine groups is 1. The van der Waals surface area contributed by atoms with E-state index in [0.717, 1.165) is 0 Å². The Hall–Kier alpha value is -2.72. The fraction of sp³-hybridized carbons (Fsp3) is 0.421. The fourth-order valence-corrected chi connectivity index (χ4v) is 3.93. The number of amidine groups is 1. The highest BCUT2D eigenvalue weighted by Gasteiger charge is 2.54. The van der Waals surface area contributed by atoms with Crippen LogP contribution in [0.4, 0.5) is 45.2 Å². The van der Waals surface area contributed by atoms with Gasteiger partial charge in [-0.1, -0.05) is 37.0 Å². The zero-order valence-corrected chi connectivity index (χ0v) is 19.9. The van der Waals surface area contributed by atoms with E-state index in [1.54, 1.807) is 0 Å². The third kappa shape index (κ3) is 5.60. The number of halogens is 11. The molecule has 1 unspecified atom stereocenters. The molecule has 2 N–H and O–H groups in total. The van der Waals surface area contributed by atoms with Crippen LogP contribution in [0, 0.1) is 5.92 Å². The summed E-state index contributed by atoms with van der Waals surface area (Å²) < 4.78 is 126. The van der Waals surface area contributed by atoms with Crippen molar-refractivity contribution in [3.05, 3.63) is 39.1 Å². The molecule has 0 fully saturated rings. The Morgan fingerprint density at radius 1 is 1.03 bits per heavy atom. The highest BCUT2D eigenvalue weighted by Crippen LogP contribution is 2.46. The number of nitrogens with two attached hydrogens (primary N) is 1. The third-order valence-corrected chi connectivity index (χ3v) is 5.48. The average Bonchev–Trinajstić information content (AvgIpc) is 3.00. The van der Waals surface area contributed by atoms with Gasteiger partial charge in [0.1, 0.15) is 5.82 Å². The Balaban J connectivity index is 2.27. The minimum absolute atomic E-state index is 0.379. The minimum Gasteiger partial charge on any atom is -0.447 e. The molecule has 0 spiro atoms. The summed E-state index contributed by atoms with van der Waals surface area (Å²) in [6, 6.07) is 0.758. The van der Waals surface area contributed by atoms with E-state index >= 15 is 0 Å². The van der Waals surface area contributed by atoms with Crippen molar-refractivity contribution in [1.82, 2.24) is 5.01 Å². The number of esters is 1. The number of nitrogens with zero attached hydrogens (tertiary/aromatic N) is 4.